The molecule has 1 aromatic heterocycles. The van der Waals surface area contributed by atoms with Gasteiger partial charge in [0, 0.05) is 44.6 Å². The van der Waals surface area contributed by atoms with E-state index >= 15 is 0 Å². The van der Waals surface area contributed by atoms with E-state index < -0.39 is 0 Å². The maximum Gasteiger partial charge on any atom is 0.251 e. The topological polar surface area (TPSA) is 88.3 Å². The average molecular weight is 410 g/mol. The molecule has 0 unspecified atom stereocenters. The van der Waals surface area contributed by atoms with Gasteiger partial charge in [-0.2, -0.15) is 4.98 Å². The van der Waals surface area contributed by atoms with Gasteiger partial charge in [-0.05, 0) is 36.2 Å². The third kappa shape index (κ3) is 5.08. The lowest BCUT2D eigenvalue weighted by Gasteiger charge is -2.17. The first-order valence-corrected chi connectivity index (χ1v) is 9.51. The van der Waals surface area contributed by atoms with Gasteiger partial charge in [0.2, 0.25) is 17.6 Å². The highest BCUT2D eigenvalue weighted by Gasteiger charge is 2.14. The van der Waals surface area contributed by atoms with Gasteiger partial charge in [0.05, 0.1) is 0 Å². The summed E-state index contributed by atoms with van der Waals surface area (Å²) in [6.07, 6.45) is 0.497. The van der Waals surface area contributed by atoms with Crippen molar-refractivity contribution in [1.82, 2.24) is 20.4 Å². The van der Waals surface area contributed by atoms with Crippen LogP contribution in [0.25, 0.3) is 11.4 Å². The zero-order valence-corrected chi connectivity index (χ0v) is 17.1. The van der Waals surface area contributed by atoms with Crippen LogP contribution in [-0.4, -0.2) is 41.0 Å². The number of carbonyl (C=O) groups is 2. The molecule has 2 aromatic carbocycles. The number of carbonyl (C=O) groups excluding carboxylic acids is 2. The van der Waals surface area contributed by atoms with Crippen molar-refractivity contribution < 1.29 is 18.5 Å². The molecule has 0 atom stereocenters. The number of hydrogen-bond acceptors (Lipinski definition) is 5. The average Bonchev–Trinajstić information content (AvgIpc) is 3.23. The number of nitrogens with zero attached hydrogens (tertiary/aromatic N) is 3. The molecule has 0 spiro atoms. The first-order chi connectivity index (χ1) is 14.4. The quantitative estimate of drug-likeness (QED) is 0.647. The van der Waals surface area contributed by atoms with Gasteiger partial charge in [-0.1, -0.05) is 29.4 Å². The second-order valence-electron chi connectivity index (χ2n) is 7.00. The van der Waals surface area contributed by atoms with Crippen molar-refractivity contribution >= 4 is 11.8 Å². The van der Waals surface area contributed by atoms with E-state index in [2.05, 4.69) is 15.5 Å². The van der Waals surface area contributed by atoms with Gasteiger partial charge < -0.3 is 14.7 Å². The van der Waals surface area contributed by atoms with Crippen molar-refractivity contribution in [3.05, 3.63) is 70.9 Å². The summed E-state index contributed by atoms with van der Waals surface area (Å²) in [4.78, 5) is 29.9. The predicted molar refractivity (Wildman–Crippen MR) is 109 cm³/mol. The van der Waals surface area contributed by atoms with Crippen molar-refractivity contribution in [3.63, 3.8) is 0 Å². The fourth-order valence-corrected chi connectivity index (χ4v) is 2.88. The maximum atomic E-state index is 13.7. The second-order valence-corrected chi connectivity index (χ2v) is 7.00. The van der Waals surface area contributed by atoms with Gasteiger partial charge in [0.25, 0.3) is 5.91 Å². The Morgan fingerprint density at radius 2 is 1.90 bits per heavy atom. The molecule has 0 radical (unpaired) electrons. The Kier molecular flexibility index (Phi) is 6.56. The zero-order valence-electron chi connectivity index (χ0n) is 17.1. The Labute approximate surface area is 173 Å². The molecule has 0 aliphatic carbocycles. The highest BCUT2D eigenvalue weighted by Crippen LogP contribution is 2.19. The molecule has 0 aliphatic rings. The number of aromatic nitrogens is 2. The maximum absolute atomic E-state index is 13.7. The molecule has 0 bridgehead atoms. The number of rotatable bonds is 7. The van der Waals surface area contributed by atoms with E-state index in [4.69, 9.17) is 4.52 Å². The molecular formula is C22H23FN4O3. The van der Waals surface area contributed by atoms with E-state index in [-0.39, 0.29) is 24.1 Å². The first kappa shape index (κ1) is 21.2. The molecule has 0 saturated carbocycles. The molecule has 1 heterocycles. The standard InChI is InChI=1S/C22H23FN4O3/c1-14-4-7-17(12-18(14)23)21-25-19(30-26-21)10-11-20(28)27(3)13-15-5-8-16(9-6-15)22(29)24-2/h4-9,12H,10-11,13H2,1-3H3,(H,24,29). The van der Waals surface area contributed by atoms with Crippen molar-refractivity contribution in [3.8, 4) is 11.4 Å². The van der Waals surface area contributed by atoms with Crippen molar-refractivity contribution in [2.75, 3.05) is 14.1 Å². The normalized spacial score (nSPS) is 10.7. The molecule has 7 nitrogen and oxygen atoms in total. The van der Waals surface area contributed by atoms with Crippen molar-refractivity contribution in [2.45, 2.75) is 26.3 Å². The van der Waals surface area contributed by atoms with Crippen LogP contribution in [0.2, 0.25) is 0 Å². The number of hydrogen-bond donors (Lipinski definition) is 1. The summed E-state index contributed by atoms with van der Waals surface area (Å²) in [5.41, 5.74) is 2.55. The highest BCUT2D eigenvalue weighted by molar-refractivity contribution is 5.93. The van der Waals surface area contributed by atoms with Crippen LogP contribution in [0, 0.1) is 12.7 Å². The number of halogens is 1. The summed E-state index contributed by atoms with van der Waals surface area (Å²) in [7, 11) is 3.29. The van der Waals surface area contributed by atoms with E-state index in [0.29, 0.717) is 41.4 Å². The summed E-state index contributed by atoms with van der Waals surface area (Å²) in [6.45, 7) is 2.10. The van der Waals surface area contributed by atoms with E-state index in [1.165, 1.54) is 6.07 Å². The summed E-state index contributed by atoms with van der Waals surface area (Å²) in [5, 5.41) is 6.43. The van der Waals surface area contributed by atoms with Crippen LogP contribution < -0.4 is 5.32 Å². The van der Waals surface area contributed by atoms with Crippen LogP contribution in [0.1, 0.15) is 33.8 Å². The monoisotopic (exact) mass is 410 g/mol. The number of amides is 2. The SMILES string of the molecule is CNC(=O)c1ccc(CN(C)C(=O)CCc2nc(-c3ccc(C)c(F)c3)no2)cc1. The van der Waals surface area contributed by atoms with Crippen LogP contribution in [-0.2, 0) is 17.8 Å². The molecule has 1 N–H and O–H groups in total. The Morgan fingerprint density at radius 1 is 1.17 bits per heavy atom. The molecule has 0 saturated heterocycles. The van der Waals surface area contributed by atoms with Crippen molar-refractivity contribution in [2.24, 2.45) is 0 Å². The number of benzene rings is 2. The number of aryl methyl sites for hydroxylation is 2. The Morgan fingerprint density at radius 3 is 2.57 bits per heavy atom. The lowest BCUT2D eigenvalue weighted by atomic mass is 10.1. The van der Waals surface area contributed by atoms with Crippen LogP contribution >= 0.6 is 0 Å². The zero-order chi connectivity index (χ0) is 21.7. The Bertz CT molecular complexity index is 1050. The van der Waals surface area contributed by atoms with E-state index in [1.54, 1.807) is 50.2 Å². The summed E-state index contributed by atoms with van der Waals surface area (Å²) in [5.74, 6) is 0.0485. The third-order valence-electron chi connectivity index (χ3n) is 4.74. The lowest BCUT2D eigenvalue weighted by molar-refractivity contribution is -0.130. The minimum absolute atomic E-state index is 0.0773. The number of nitrogens with one attached hydrogen (secondary N) is 1. The van der Waals surface area contributed by atoms with Crippen molar-refractivity contribution in [1.29, 1.82) is 0 Å². The smallest absolute Gasteiger partial charge is 0.251 e. The van der Waals surface area contributed by atoms with Crippen LogP contribution in [0.5, 0.6) is 0 Å². The van der Waals surface area contributed by atoms with Gasteiger partial charge in [0.15, 0.2) is 0 Å². The molecular weight excluding hydrogens is 387 g/mol. The molecule has 30 heavy (non-hydrogen) atoms. The minimum Gasteiger partial charge on any atom is -0.355 e. The van der Waals surface area contributed by atoms with E-state index in [1.807, 2.05) is 12.1 Å². The molecule has 0 fully saturated rings. The van der Waals surface area contributed by atoms with Gasteiger partial charge in [0.1, 0.15) is 5.82 Å². The third-order valence-corrected chi connectivity index (χ3v) is 4.74. The Balaban J connectivity index is 1.54. The van der Waals surface area contributed by atoms with Gasteiger partial charge in [-0.3, -0.25) is 9.59 Å². The second kappa shape index (κ2) is 9.30. The van der Waals surface area contributed by atoms with E-state index in [0.717, 1.165) is 5.56 Å². The fourth-order valence-electron chi connectivity index (χ4n) is 2.88. The van der Waals surface area contributed by atoms with Gasteiger partial charge in [-0.25, -0.2) is 4.39 Å². The lowest BCUT2D eigenvalue weighted by Crippen LogP contribution is -2.26. The van der Waals surface area contributed by atoms with Crippen LogP contribution in [0.4, 0.5) is 4.39 Å². The summed E-state index contributed by atoms with van der Waals surface area (Å²) < 4.78 is 18.9. The first-order valence-electron chi connectivity index (χ1n) is 9.51. The van der Waals surface area contributed by atoms with E-state index in [9.17, 15) is 14.0 Å². The molecule has 156 valence electrons. The largest absolute Gasteiger partial charge is 0.355 e. The molecule has 2 amide bonds. The van der Waals surface area contributed by atoms with Crippen LogP contribution in [0.3, 0.4) is 0 Å². The highest BCUT2D eigenvalue weighted by atomic mass is 19.1. The summed E-state index contributed by atoms with van der Waals surface area (Å²) in [6, 6.07) is 11.8. The van der Waals surface area contributed by atoms with Gasteiger partial charge in [-0.15, -0.1) is 0 Å². The molecule has 8 heteroatoms. The fraction of sp³-hybridized carbons (Fsp3) is 0.273. The Hall–Kier alpha value is -3.55. The van der Waals surface area contributed by atoms with Gasteiger partial charge >= 0.3 is 0 Å². The molecule has 3 aromatic rings. The minimum atomic E-state index is -0.334. The predicted octanol–water partition coefficient (Wildman–Crippen LogP) is 3.13. The summed E-state index contributed by atoms with van der Waals surface area (Å²) >= 11 is 0. The molecule has 3 rings (SSSR count). The molecule has 0 aliphatic heterocycles. The van der Waals surface area contributed by atoms with Crippen LogP contribution in [0.15, 0.2) is 47.0 Å².